The van der Waals surface area contributed by atoms with E-state index in [1.807, 2.05) is 24.3 Å². The van der Waals surface area contributed by atoms with Gasteiger partial charge in [0.15, 0.2) is 0 Å². The van der Waals surface area contributed by atoms with Gasteiger partial charge < -0.3 is 9.64 Å². The van der Waals surface area contributed by atoms with Crippen LogP contribution in [0.5, 0.6) is 0 Å². The summed E-state index contributed by atoms with van der Waals surface area (Å²) < 4.78 is 4.62. The fourth-order valence-electron chi connectivity index (χ4n) is 3.00. The van der Waals surface area contributed by atoms with Crippen molar-refractivity contribution in [3.05, 3.63) is 34.7 Å². The number of carbonyl (C=O) groups excluding carboxylic acids is 3. The normalized spacial score (nSPS) is 20.5. The van der Waals surface area contributed by atoms with Crippen LogP contribution in [0.1, 0.15) is 25.3 Å². The standard InChI is InChI=1S/C18H20N2O4S/c1-12(17(22)24-2)20-16(21)15(25-18(20)23)11-13-5-7-14(8-6-13)19-9-3-4-10-19/h5-8,11-12H,3-4,9-10H2,1-2H3/b15-11+. The van der Waals surface area contributed by atoms with Gasteiger partial charge in [0, 0.05) is 18.8 Å². The van der Waals surface area contributed by atoms with E-state index in [1.54, 1.807) is 6.08 Å². The number of ether oxygens (including phenoxy) is 1. The van der Waals surface area contributed by atoms with Crippen molar-refractivity contribution in [1.29, 1.82) is 0 Å². The van der Waals surface area contributed by atoms with Crippen LogP contribution < -0.4 is 4.90 Å². The number of rotatable bonds is 4. The molecule has 2 heterocycles. The van der Waals surface area contributed by atoms with Gasteiger partial charge in [-0.1, -0.05) is 12.1 Å². The third-order valence-electron chi connectivity index (χ3n) is 4.42. The molecule has 0 spiro atoms. The number of hydrogen-bond acceptors (Lipinski definition) is 6. The summed E-state index contributed by atoms with van der Waals surface area (Å²) in [5.74, 6) is -1.07. The van der Waals surface area contributed by atoms with Crippen molar-refractivity contribution in [1.82, 2.24) is 4.90 Å². The molecule has 1 unspecified atom stereocenters. The SMILES string of the molecule is COC(=O)C(C)N1C(=O)S/C(=C/c2ccc(N3CCCC3)cc2)C1=O. The van der Waals surface area contributed by atoms with Gasteiger partial charge >= 0.3 is 5.97 Å². The zero-order chi connectivity index (χ0) is 18.0. The van der Waals surface area contributed by atoms with E-state index in [9.17, 15) is 14.4 Å². The molecule has 25 heavy (non-hydrogen) atoms. The molecule has 2 amide bonds. The molecule has 0 bridgehead atoms. The van der Waals surface area contributed by atoms with E-state index in [0.717, 1.165) is 35.3 Å². The molecule has 2 aliphatic heterocycles. The van der Waals surface area contributed by atoms with Gasteiger partial charge in [0.2, 0.25) is 0 Å². The molecule has 1 aromatic rings. The summed E-state index contributed by atoms with van der Waals surface area (Å²) in [5, 5.41) is -0.456. The number of benzene rings is 1. The molecular weight excluding hydrogens is 340 g/mol. The zero-order valence-electron chi connectivity index (χ0n) is 14.2. The van der Waals surface area contributed by atoms with Gasteiger partial charge in [-0.25, -0.2) is 4.79 Å². The Hall–Kier alpha value is -2.28. The molecule has 2 saturated heterocycles. The predicted octanol–water partition coefficient (Wildman–Crippen LogP) is 2.88. The molecule has 0 N–H and O–H groups in total. The summed E-state index contributed by atoms with van der Waals surface area (Å²) >= 11 is 0.843. The predicted molar refractivity (Wildman–Crippen MR) is 97.2 cm³/mol. The Balaban J connectivity index is 1.76. The fourth-order valence-corrected chi connectivity index (χ4v) is 3.91. The van der Waals surface area contributed by atoms with Crippen molar-refractivity contribution in [3.8, 4) is 0 Å². The van der Waals surface area contributed by atoms with Gasteiger partial charge in [0.05, 0.1) is 12.0 Å². The molecule has 1 aromatic carbocycles. The van der Waals surface area contributed by atoms with Gasteiger partial charge in [0.1, 0.15) is 6.04 Å². The van der Waals surface area contributed by atoms with Crippen LogP contribution in [-0.2, 0) is 14.3 Å². The molecule has 6 nitrogen and oxygen atoms in total. The number of methoxy groups -OCH3 is 1. The van der Waals surface area contributed by atoms with Crippen LogP contribution >= 0.6 is 11.8 Å². The molecule has 2 aliphatic rings. The lowest BCUT2D eigenvalue weighted by molar-refractivity contribution is -0.148. The number of carbonyl (C=O) groups is 3. The Morgan fingerprint density at radius 3 is 2.44 bits per heavy atom. The monoisotopic (exact) mass is 360 g/mol. The van der Waals surface area contributed by atoms with Gasteiger partial charge in [-0.2, -0.15) is 0 Å². The first kappa shape index (κ1) is 17.5. The van der Waals surface area contributed by atoms with E-state index in [-0.39, 0.29) is 0 Å². The number of nitrogens with zero attached hydrogens (tertiary/aromatic N) is 2. The van der Waals surface area contributed by atoms with E-state index < -0.39 is 23.2 Å². The third-order valence-corrected chi connectivity index (χ3v) is 5.30. The highest BCUT2D eigenvalue weighted by molar-refractivity contribution is 8.18. The quantitative estimate of drug-likeness (QED) is 0.608. The van der Waals surface area contributed by atoms with Crippen molar-refractivity contribution in [2.75, 3.05) is 25.1 Å². The second-order valence-corrected chi connectivity index (χ2v) is 7.03. The summed E-state index contributed by atoms with van der Waals surface area (Å²) in [7, 11) is 1.23. The Morgan fingerprint density at radius 1 is 1.20 bits per heavy atom. The zero-order valence-corrected chi connectivity index (χ0v) is 15.0. The van der Waals surface area contributed by atoms with Crippen LogP contribution in [0.25, 0.3) is 6.08 Å². The fraction of sp³-hybridized carbons (Fsp3) is 0.389. The van der Waals surface area contributed by atoms with Crippen molar-refractivity contribution in [2.24, 2.45) is 0 Å². The van der Waals surface area contributed by atoms with Crippen LogP contribution in [0.3, 0.4) is 0 Å². The summed E-state index contributed by atoms with van der Waals surface area (Å²) in [6, 6.07) is 6.99. The van der Waals surface area contributed by atoms with Crippen LogP contribution in [-0.4, -0.2) is 48.3 Å². The van der Waals surface area contributed by atoms with E-state index in [2.05, 4.69) is 9.64 Å². The van der Waals surface area contributed by atoms with Crippen molar-refractivity contribution >= 4 is 40.6 Å². The number of imide groups is 1. The van der Waals surface area contributed by atoms with Crippen molar-refractivity contribution < 1.29 is 19.1 Å². The maximum atomic E-state index is 12.5. The van der Waals surface area contributed by atoms with E-state index in [4.69, 9.17) is 0 Å². The van der Waals surface area contributed by atoms with Gasteiger partial charge in [-0.15, -0.1) is 0 Å². The van der Waals surface area contributed by atoms with E-state index in [0.29, 0.717) is 4.91 Å². The summed E-state index contributed by atoms with van der Waals surface area (Å²) in [5.41, 5.74) is 2.02. The minimum atomic E-state index is -0.930. The van der Waals surface area contributed by atoms with Crippen LogP contribution in [0.15, 0.2) is 29.2 Å². The van der Waals surface area contributed by atoms with Gasteiger partial charge in [-0.3, -0.25) is 14.5 Å². The molecule has 2 fully saturated rings. The second kappa shape index (κ2) is 7.31. The molecule has 132 valence electrons. The van der Waals surface area contributed by atoms with E-state index in [1.165, 1.54) is 32.6 Å². The first-order valence-corrected chi connectivity index (χ1v) is 9.03. The highest BCUT2D eigenvalue weighted by Gasteiger charge is 2.41. The highest BCUT2D eigenvalue weighted by atomic mass is 32.2. The molecular formula is C18H20N2O4S. The van der Waals surface area contributed by atoms with E-state index >= 15 is 0 Å². The number of thioether (sulfide) groups is 1. The maximum absolute atomic E-state index is 12.5. The maximum Gasteiger partial charge on any atom is 0.328 e. The topological polar surface area (TPSA) is 66.9 Å². The molecule has 7 heteroatoms. The number of hydrogen-bond donors (Lipinski definition) is 0. The average molecular weight is 360 g/mol. The van der Waals surface area contributed by atoms with Crippen LogP contribution in [0, 0.1) is 0 Å². The van der Waals surface area contributed by atoms with Gasteiger partial charge in [-0.05, 0) is 55.3 Å². The molecule has 0 saturated carbocycles. The molecule has 0 radical (unpaired) electrons. The summed E-state index contributed by atoms with van der Waals surface area (Å²) in [6.45, 7) is 3.63. The Morgan fingerprint density at radius 2 is 1.84 bits per heavy atom. The van der Waals surface area contributed by atoms with Crippen LogP contribution in [0.2, 0.25) is 0 Å². The highest BCUT2D eigenvalue weighted by Crippen LogP contribution is 2.34. The molecule has 0 aromatic heterocycles. The van der Waals surface area contributed by atoms with Gasteiger partial charge in [0.25, 0.3) is 11.1 Å². The smallest absolute Gasteiger partial charge is 0.328 e. The number of esters is 1. The third kappa shape index (κ3) is 3.56. The summed E-state index contributed by atoms with van der Waals surface area (Å²) in [6.07, 6.45) is 4.11. The molecule has 3 rings (SSSR count). The lowest BCUT2D eigenvalue weighted by atomic mass is 10.1. The Bertz CT molecular complexity index is 723. The van der Waals surface area contributed by atoms with Crippen molar-refractivity contribution in [3.63, 3.8) is 0 Å². The number of anilines is 1. The molecule has 1 atom stereocenters. The Kier molecular flexibility index (Phi) is 5.13. The minimum absolute atomic E-state index is 0.315. The van der Waals surface area contributed by atoms with Crippen molar-refractivity contribution in [2.45, 2.75) is 25.8 Å². The minimum Gasteiger partial charge on any atom is -0.467 e. The number of amides is 2. The largest absolute Gasteiger partial charge is 0.467 e. The van der Waals surface area contributed by atoms with Crippen LogP contribution in [0.4, 0.5) is 10.5 Å². The second-order valence-electron chi connectivity index (χ2n) is 6.04. The summed E-state index contributed by atoms with van der Waals surface area (Å²) in [4.78, 5) is 39.8. The first-order chi connectivity index (χ1) is 12.0. The molecule has 0 aliphatic carbocycles. The Labute approximate surface area is 150 Å². The lowest BCUT2D eigenvalue weighted by Crippen LogP contribution is -2.42. The average Bonchev–Trinajstić information content (AvgIpc) is 3.23. The lowest BCUT2D eigenvalue weighted by Gasteiger charge is -2.18. The first-order valence-electron chi connectivity index (χ1n) is 8.21.